The molecule has 4 heteroatoms. The molecule has 0 spiro atoms. The normalized spacial score (nSPS) is 24.5. The molecule has 1 aliphatic heterocycles. The van der Waals surface area contributed by atoms with Crippen molar-refractivity contribution >= 4 is 15.9 Å². The Balaban J connectivity index is 2.42. The van der Waals surface area contributed by atoms with Crippen LogP contribution in [0.25, 0.3) is 0 Å². The Morgan fingerprint density at radius 2 is 2.11 bits per heavy atom. The lowest BCUT2D eigenvalue weighted by atomic mass is 9.93. The minimum Gasteiger partial charge on any atom is -0.496 e. The van der Waals surface area contributed by atoms with Gasteiger partial charge in [0.2, 0.25) is 0 Å². The number of ether oxygens (including phenoxy) is 2. The summed E-state index contributed by atoms with van der Waals surface area (Å²) in [7, 11) is 1.70. The Labute approximate surface area is 123 Å². The van der Waals surface area contributed by atoms with Crippen LogP contribution in [0.3, 0.4) is 0 Å². The summed E-state index contributed by atoms with van der Waals surface area (Å²) in [6.45, 7) is 6.21. The first-order valence-electron chi connectivity index (χ1n) is 6.70. The first kappa shape index (κ1) is 14.8. The van der Waals surface area contributed by atoms with Crippen LogP contribution in [0.15, 0.2) is 10.5 Å². The maximum atomic E-state index is 6.45. The lowest BCUT2D eigenvalue weighted by molar-refractivity contribution is 0.0395. The van der Waals surface area contributed by atoms with Crippen LogP contribution in [-0.4, -0.2) is 19.3 Å². The van der Waals surface area contributed by atoms with E-state index in [0.717, 1.165) is 39.8 Å². The maximum Gasteiger partial charge on any atom is 0.126 e. The van der Waals surface area contributed by atoms with E-state index in [-0.39, 0.29) is 12.1 Å². The van der Waals surface area contributed by atoms with Crippen LogP contribution in [0.1, 0.15) is 42.5 Å². The highest BCUT2D eigenvalue weighted by molar-refractivity contribution is 9.10. The van der Waals surface area contributed by atoms with E-state index >= 15 is 0 Å². The molecule has 1 heterocycles. The van der Waals surface area contributed by atoms with Crippen molar-refractivity contribution in [1.29, 1.82) is 0 Å². The van der Waals surface area contributed by atoms with Gasteiger partial charge in [0, 0.05) is 10.0 Å². The molecule has 1 fully saturated rings. The van der Waals surface area contributed by atoms with E-state index in [1.807, 2.05) is 6.92 Å². The average Bonchev–Trinajstić information content (AvgIpc) is 2.79. The average molecular weight is 328 g/mol. The van der Waals surface area contributed by atoms with E-state index in [2.05, 4.69) is 35.8 Å². The smallest absolute Gasteiger partial charge is 0.126 e. The molecule has 1 aromatic rings. The van der Waals surface area contributed by atoms with E-state index in [1.54, 1.807) is 7.11 Å². The minimum absolute atomic E-state index is 0.0799. The third-order valence-electron chi connectivity index (χ3n) is 3.91. The molecule has 0 radical (unpaired) electrons. The quantitative estimate of drug-likeness (QED) is 0.921. The Morgan fingerprint density at radius 3 is 2.63 bits per heavy atom. The zero-order valence-corrected chi connectivity index (χ0v) is 13.6. The van der Waals surface area contributed by atoms with Gasteiger partial charge in [0.05, 0.1) is 25.4 Å². The number of methoxy groups -OCH3 is 1. The van der Waals surface area contributed by atoms with Gasteiger partial charge in [-0.25, -0.2) is 0 Å². The molecule has 1 aromatic carbocycles. The lowest BCUT2D eigenvalue weighted by Crippen LogP contribution is -2.28. The highest BCUT2D eigenvalue weighted by Gasteiger charge is 2.31. The predicted octanol–water partition coefficient (Wildman–Crippen LogP) is 3.64. The summed E-state index contributed by atoms with van der Waals surface area (Å²) in [5, 5.41) is 0. The van der Waals surface area contributed by atoms with Crippen molar-refractivity contribution in [2.75, 3.05) is 7.11 Å². The number of aryl methyl sites for hydroxylation is 1. The molecule has 19 heavy (non-hydrogen) atoms. The van der Waals surface area contributed by atoms with Gasteiger partial charge in [-0.3, -0.25) is 0 Å². The van der Waals surface area contributed by atoms with Gasteiger partial charge in [-0.1, -0.05) is 15.9 Å². The standard InChI is InChI=1S/C15H22BrNO2/c1-8-7-11(16)10(3)13(15(8)18-4)14(17)12-6-5-9(2)19-12/h7,9,12,14H,5-6,17H2,1-4H3. The maximum absolute atomic E-state index is 6.45. The fourth-order valence-corrected chi connectivity index (χ4v) is 3.39. The summed E-state index contributed by atoms with van der Waals surface area (Å²) in [5.74, 6) is 0.886. The molecule has 2 N–H and O–H groups in total. The van der Waals surface area contributed by atoms with Crippen molar-refractivity contribution in [3.8, 4) is 5.75 Å². The van der Waals surface area contributed by atoms with Crippen LogP contribution in [0.5, 0.6) is 5.75 Å². The molecular formula is C15H22BrNO2. The summed E-state index contributed by atoms with van der Waals surface area (Å²) in [5.41, 5.74) is 9.75. The first-order valence-corrected chi connectivity index (χ1v) is 7.49. The van der Waals surface area contributed by atoms with Gasteiger partial charge in [-0.15, -0.1) is 0 Å². The Hall–Kier alpha value is -0.580. The SMILES string of the molecule is COc1c(C)cc(Br)c(C)c1C(N)C1CCC(C)O1. The number of hydrogen-bond donors (Lipinski definition) is 1. The van der Waals surface area contributed by atoms with Crippen molar-refractivity contribution in [2.24, 2.45) is 5.73 Å². The summed E-state index contributed by atoms with van der Waals surface area (Å²) in [4.78, 5) is 0. The van der Waals surface area contributed by atoms with Gasteiger partial charge in [0.25, 0.3) is 0 Å². The summed E-state index contributed by atoms with van der Waals surface area (Å²) >= 11 is 3.60. The van der Waals surface area contributed by atoms with Crippen molar-refractivity contribution in [2.45, 2.75) is 51.9 Å². The first-order chi connectivity index (χ1) is 8.95. The zero-order chi connectivity index (χ0) is 14.2. The molecule has 0 amide bonds. The largest absolute Gasteiger partial charge is 0.496 e. The molecule has 0 saturated carbocycles. The monoisotopic (exact) mass is 327 g/mol. The molecule has 3 atom stereocenters. The van der Waals surface area contributed by atoms with Gasteiger partial charge in [0.15, 0.2) is 0 Å². The summed E-state index contributed by atoms with van der Waals surface area (Å²) in [6, 6.07) is 1.93. The number of benzene rings is 1. The lowest BCUT2D eigenvalue weighted by Gasteiger charge is -2.25. The molecule has 1 saturated heterocycles. The van der Waals surface area contributed by atoms with E-state index in [1.165, 1.54) is 0 Å². The van der Waals surface area contributed by atoms with Crippen LogP contribution in [0.2, 0.25) is 0 Å². The fraction of sp³-hybridized carbons (Fsp3) is 0.600. The van der Waals surface area contributed by atoms with Crippen LogP contribution >= 0.6 is 15.9 Å². The number of halogens is 1. The highest BCUT2D eigenvalue weighted by Crippen LogP contribution is 2.39. The van der Waals surface area contributed by atoms with E-state index in [4.69, 9.17) is 15.2 Å². The minimum atomic E-state index is -0.143. The Kier molecular flexibility index (Phi) is 4.54. The number of rotatable bonds is 3. The second-order valence-electron chi connectivity index (χ2n) is 5.34. The van der Waals surface area contributed by atoms with Crippen molar-refractivity contribution < 1.29 is 9.47 Å². The van der Waals surface area contributed by atoms with Gasteiger partial charge in [0.1, 0.15) is 5.75 Å². The van der Waals surface area contributed by atoms with Crippen LogP contribution in [0, 0.1) is 13.8 Å². The molecule has 0 aliphatic carbocycles. The molecule has 2 rings (SSSR count). The number of nitrogens with two attached hydrogens (primary N) is 1. The second kappa shape index (κ2) is 5.81. The number of hydrogen-bond acceptors (Lipinski definition) is 3. The van der Waals surface area contributed by atoms with Crippen LogP contribution < -0.4 is 10.5 Å². The molecule has 0 bridgehead atoms. The summed E-state index contributed by atoms with van der Waals surface area (Å²) in [6.07, 6.45) is 2.47. The molecule has 3 nitrogen and oxygen atoms in total. The predicted molar refractivity (Wildman–Crippen MR) is 80.7 cm³/mol. The van der Waals surface area contributed by atoms with Gasteiger partial charge >= 0.3 is 0 Å². The second-order valence-corrected chi connectivity index (χ2v) is 6.19. The molecule has 0 aromatic heterocycles. The fourth-order valence-electron chi connectivity index (χ4n) is 2.83. The molecule has 1 aliphatic rings. The highest BCUT2D eigenvalue weighted by atomic mass is 79.9. The van der Waals surface area contributed by atoms with Crippen molar-refractivity contribution in [3.63, 3.8) is 0 Å². The van der Waals surface area contributed by atoms with Gasteiger partial charge in [-0.05, 0) is 50.8 Å². The van der Waals surface area contributed by atoms with Gasteiger partial charge < -0.3 is 15.2 Å². The Morgan fingerprint density at radius 1 is 1.42 bits per heavy atom. The van der Waals surface area contributed by atoms with Gasteiger partial charge in [-0.2, -0.15) is 0 Å². The third-order valence-corrected chi connectivity index (χ3v) is 4.73. The van der Waals surface area contributed by atoms with Crippen molar-refractivity contribution in [3.05, 3.63) is 27.2 Å². The van der Waals surface area contributed by atoms with E-state index in [0.29, 0.717) is 6.10 Å². The molecule has 3 unspecified atom stereocenters. The molecular weight excluding hydrogens is 306 g/mol. The topological polar surface area (TPSA) is 44.5 Å². The molecule has 106 valence electrons. The van der Waals surface area contributed by atoms with Crippen LogP contribution in [0.4, 0.5) is 0 Å². The Bertz CT molecular complexity index is 476. The zero-order valence-electron chi connectivity index (χ0n) is 12.0. The summed E-state index contributed by atoms with van der Waals surface area (Å²) < 4.78 is 12.6. The van der Waals surface area contributed by atoms with E-state index in [9.17, 15) is 0 Å². The van der Waals surface area contributed by atoms with Crippen LogP contribution in [-0.2, 0) is 4.74 Å². The van der Waals surface area contributed by atoms with Crippen molar-refractivity contribution in [1.82, 2.24) is 0 Å². The van der Waals surface area contributed by atoms with E-state index < -0.39 is 0 Å². The third kappa shape index (κ3) is 2.81.